The van der Waals surface area contributed by atoms with Gasteiger partial charge in [0, 0.05) is 29.2 Å². The van der Waals surface area contributed by atoms with Gasteiger partial charge in [0.05, 0.1) is 11.1 Å². The highest BCUT2D eigenvalue weighted by Crippen LogP contribution is 2.33. The number of nitrogens with one attached hydrogen (secondary N) is 1. The summed E-state index contributed by atoms with van der Waals surface area (Å²) in [6, 6.07) is 8.68. The second-order valence-corrected chi connectivity index (χ2v) is 5.92. The van der Waals surface area contributed by atoms with E-state index in [0.717, 1.165) is 29.0 Å². The van der Waals surface area contributed by atoms with Crippen molar-refractivity contribution in [2.75, 3.05) is 11.9 Å². The van der Waals surface area contributed by atoms with Crippen LogP contribution in [0.15, 0.2) is 34.8 Å². The van der Waals surface area contributed by atoms with E-state index in [-0.39, 0.29) is 5.82 Å². The first-order valence-corrected chi connectivity index (χ1v) is 7.43. The van der Waals surface area contributed by atoms with Gasteiger partial charge >= 0.3 is 0 Å². The summed E-state index contributed by atoms with van der Waals surface area (Å²) in [6.45, 7) is 1.28. The lowest BCUT2D eigenvalue weighted by molar-refractivity contribution is 0.354. The van der Waals surface area contributed by atoms with Crippen molar-refractivity contribution in [1.29, 1.82) is 0 Å². The van der Waals surface area contributed by atoms with Gasteiger partial charge in [-0.15, -0.1) is 0 Å². The topological polar surface area (TPSA) is 21.3 Å². The van der Waals surface area contributed by atoms with Gasteiger partial charge in [-0.3, -0.25) is 0 Å². The highest BCUT2D eigenvalue weighted by molar-refractivity contribution is 9.10. The summed E-state index contributed by atoms with van der Waals surface area (Å²) in [4.78, 5) is 0. The van der Waals surface area contributed by atoms with Gasteiger partial charge in [-0.2, -0.15) is 0 Å². The van der Waals surface area contributed by atoms with E-state index in [4.69, 9.17) is 16.3 Å². The van der Waals surface area contributed by atoms with Crippen LogP contribution in [0.4, 0.5) is 10.1 Å². The van der Waals surface area contributed by atoms with Crippen molar-refractivity contribution >= 4 is 33.2 Å². The zero-order chi connectivity index (χ0) is 14.1. The maximum Gasteiger partial charge on any atom is 0.137 e. The van der Waals surface area contributed by atoms with Crippen molar-refractivity contribution in [3.8, 4) is 5.75 Å². The molecule has 20 heavy (non-hydrogen) atoms. The van der Waals surface area contributed by atoms with E-state index in [1.807, 2.05) is 12.1 Å². The Morgan fingerprint density at radius 1 is 1.30 bits per heavy atom. The normalized spacial score (nSPS) is 12.9. The van der Waals surface area contributed by atoms with Gasteiger partial charge in [0.25, 0.3) is 0 Å². The number of fused-ring (bicyclic) bond motifs is 1. The molecular weight excluding hydrogens is 345 g/mol. The van der Waals surface area contributed by atoms with E-state index < -0.39 is 0 Å². The Hall–Kier alpha value is -1.26. The first kappa shape index (κ1) is 13.7. The fourth-order valence-electron chi connectivity index (χ4n) is 2.28. The molecule has 104 valence electrons. The van der Waals surface area contributed by atoms with Gasteiger partial charge in [0.2, 0.25) is 0 Å². The molecule has 2 aromatic rings. The molecule has 2 aromatic carbocycles. The molecule has 1 N–H and O–H groups in total. The number of anilines is 1. The average Bonchev–Trinajstić information content (AvgIpc) is 2.88. The summed E-state index contributed by atoms with van der Waals surface area (Å²) >= 11 is 9.29. The molecule has 0 aliphatic carbocycles. The monoisotopic (exact) mass is 355 g/mol. The van der Waals surface area contributed by atoms with Crippen LogP contribution in [0.1, 0.15) is 11.1 Å². The predicted octanol–water partition coefficient (Wildman–Crippen LogP) is 4.79. The minimum atomic E-state index is -0.275. The maximum absolute atomic E-state index is 13.2. The van der Waals surface area contributed by atoms with Crippen LogP contribution in [0.2, 0.25) is 5.02 Å². The highest BCUT2D eigenvalue weighted by Gasteiger charge is 2.17. The Morgan fingerprint density at radius 2 is 2.15 bits per heavy atom. The van der Waals surface area contributed by atoms with Crippen LogP contribution < -0.4 is 10.1 Å². The van der Waals surface area contributed by atoms with E-state index in [1.165, 1.54) is 6.07 Å². The van der Waals surface area contributed by atoms with Crippen LogP contribution in [0.25, 0.3) is 0 Å². The Kier molecular flexibility index (Phi) is 3.85. The van der Waals surface area contributed by atoms with E-state index in [2.05, 4.69) is 21.2 Å². The fraction of sp³-hybridized carbons (Fsp3) is 0.200. The second-order valence-electron chi connectivity index (χ2n) is 4.63. The standard InChI is InChI=1S/C15H12BrClFNO/c16-13-7-12(1-2-14(13)18)19-8-10-6-11(17)5-9-3-4-20-15(9)10/h1-2,5-7,19H,3-4,8H2. The molecule has 1 aliphatic heterocycles. The summed E-state index contributed by atoms with van der Waals surface area (Å²) in [7, 11) is 0. The number of benzene rings is 2. The molecule has 1 heterocycles. The van der Waals surface area contributed by atoms with Crippen molar-refractivity contribution in [2.45, 2.75) is 13.0 Å². The molecule has 0 atom stereocenters. The van der Waals surface area contributed by atoms with E-state index in [1.54, 1.807) is 12.1 Å². The quantitative estimate of drug-likeness (QED) is 0.854. The summed E-state index contributed by atoms with van der Waals surface area (Å²) in [5.41, 5.74) is 3.00. The lowest BCUT2D eigenvalue weighted by Crippen LogP contribution is -2.02. The van der Waals surface area contributed by atoms with Crippen LogP contribution in [-0.2, 0) is 13.0 Å². The summed E-state index contributed by atoms with van der Waals surface area (Å²) in [5.74, 6) is 0.644. The smallest absolute Gasteiger partial charge is 0.137 e. The second kappa shape index (κ2) is 5.62. The Bertz CT molecular complexity index is 663. The molecule has 3 rings (SSSR count). The van der Waals surface area contributed by atoms with Crippen molar-refractivity contribution in [3.05, 3.63) is 56.8 Å². The Balaban J connectivity index is 1.80. The van der Waals surface area contributed by atoms with Crippen molar-refractivity contribution in [1.82, 2.24) is 0 Å². The third kappa shape index (κ3) is 2.76. The van der Waals surface area contributed by atoms with Crippen molar-refractivity contribution < 1.29 is 9.13 Å². The molecular formula is C15H12BrClFNO. The van der Waals surface area contributed by atoms with Crippen molar-refractivity contribution in [2.24, 2.45) is 0 Å². The highest BCUT2D eigenvalue weighted by atomic mass is 79.9. The third-order valence-electron chi connectivity index (χ3n) is 3.23. The molecule has 0 unspecified atom stereocenters. The van der Waals surface area contributed by atoms with Crippen LogP contribution in [-0.4, -0.2) is 6.61 Å². The third-order valence-corrected chi connectivity index (χ3v) is 4.05. The first-order chi connectivity index (χ1) is 9.63. The zero-order valence-electron chi connectivity index (χ0n) is 10.6. The van der Waals surface area contributed by atoms with E-state index >= 15 is 0 Å². The summed E-state index contributed by atoms with van der Waals surface area (Å²) < 4.78 is 19.3. The van der Waals surface area contributed by atoms with Crippen LogP contribution in [0.5, 0.6) is 5.75 Å². The van der Waals surface area contributed by atoms with Gasteiger partial charge in [0.15, 0.2) is 0 Å². The summed E-state index contributed by atoms with van der Waals surface area (Å²) in [5, 5.41) is 3.96. The molecule has 0 saturated heterocycles. The number of hydrogen-bond acceptors (Lipinski definition) is 2. The van der Waals surface area contributed by atoms with Gasteiger partial charge in [-0.25, -0.2) is 4.39 Å². The molecule has 0 bridgehead atoms. The molecule has 2 nitrogen and oxygen atoms in total. The number of hydrogen-bond donors (Lipinski definition) is 1. The minimum Gasteiger partial charge on any atom is -0.493 e. The molecule has 0 amide bonds. The van der Waals surface area contributed by atoms with Gasteiger partial charge in [-0.05, 0) is 51.8 Å². The Labute approximate surface area is 130 Å². The lowest BCUT2D eigenvalue weighted by atomic mass is 10.1. The lowest BCUT2D eigenvalue weighted by Gasteiger charge is -2.11. The number of rotatable bonds is 3. The number of halogens is 3. The first-order valence-electron chi connectivity index (χ1n) is 6.26. The molecule has 0 aromatic heterocycles. The van der Waals surface area contributed by atoms with Crippen LogP contribution in [0.3, 0.4) is 0 Å². The van der Waals surface area contributed by atoms with Gasteiger partial charge in [-0.1, -0.05) is 11.6 Å². The van der Waals surface area contributed by atoms with E-state index in [0.29, 0.717) is 22.6 Å². The van der Waals surface area contributed by atoms with Crippen LogP contribution in [0, 0.1) is 5.82 Å². The minimum absolute atomic E-state index is 0.275. The maximum atomic E-state index is 13.2. The SMILES string of the molecule is Fc1ccc(NCc2cc(Cl)cc3c2OCC3)cc1Br. The zero-order valence-corrected chi connectivity index (χ0v) is 12.9. The molecule has 0 saturated carbocycles. The molecule has 0 spiro atoms. The van der Waals surface area contributed by atoms with E-state index in [9.17, 15) is 4.39 Å². The molecule has 5 heteroatoms. The largest absolute Gasteiger partial charge is 0.493 e. The Morgan fingerprint density at radius 3 is 2.95 bits per heavy atom. The van der Waals surface area contributed by atoms with Crippen LogP contribution >= 0.6 is 27.5 Å². The average molecular weight is 357 g/mol. The predicted molar refractivity (Wildman–Crippen MR) is 82.1 cm³/mol. The fourth-order valence-corrected chi connectivity index (χ4v) is 2.92. The summed E-state index contributed by atoms with van der Waals surface area (Å²) in [6.07, 6.45) is 0.894. The van der Waals surface area contributed by atoms with Gasteiger partial charge < -0.3 is 10.1 Å². The van der Waals surface area contributed by atoms with Crippen molar-refractivity contribution in [3.63, 3.8) is 0 Å². The van der Waals surface area contributed by atoms with Gasteiger partial charge in [0.1, 0.15) is 11.6 Å². The number of ether oxygens (including phenoxy) is 1. The molecule has 0 fully saturated rings. The molecule has 1 aliphatic rings. The molecule has 0 radical (unpaired) electrons.